The van der Waals surface area contributed by atoms with E-state index in [9.17, 15) is 0 Å². The van der Waals surface area contributed by atoms with Gasteiger partial charge in [0.25, 0.3) is 0 Å². The second-order valence-electron chi connectivity index (χ2n) is 7.07. The van der Waals surface area contributed by atoms with Gasteiger partial charge in [0.1, 0.15) is 0 Å². The lowest BCUT2D eigenvalue weighted by Gasteiger charge is -2.31. The third-order valence-corrected chi connectivity index (χ3v) is 4.56. The van der Waals surface area contributed by atoms with E-state index in [1.165, 1.54) is 30.4 Å². The van der Waals surface area contributed by atoms with Crippen molar-refractivity contribution in [2.45, 2.75) is 59.2 Å². The first-order valence-electron chi connectivity index (χ1n) is 10.1. The van der Waals surface area contributed by atoms with Crippen molar-refractivity contribution < 1.29 is 4.74 Å². The van der Waals surface area contributed by atoms with Gasteiger partial charge in [0.15, 0.2) is 5.96 Å². The topological polar surface area (TPSA) is 48.9 Å². The zero-order chi connectivity index (χ0) is 18.6. The Bertz CT molecular complexity index is 553. The Kier molecular flexibility index (Phi) is 12.7. The Morgan fingerprint density at radius 2 is 2.04 bits per heavy atom. The second kappa shape index (κ2) is 14.2. The monoisotopic (exact) mass is 488 g/mol. The van der Waals surface area contributed by atoms with E-state index in [0.717, 1.165) is 45.3 Å². The van der Waals surface area contributed by atoms with E-state index >= 15 is 0 Å². The highest BCUT2D eigenvalue weighted by Gasteiger charge is 2.16. The fourth-order valence-corrected chi connectivity index (χ4v) is 3.21. The number of unbranched alkanes of at least 4 members (excludes halogenated alkanes) is 2. The number of nitrogens with one attached hydrogen (secondary N) is 2. The van der Waals surface area contributed by atoms with Gasteiger partial charge in [0, 0.05) is 32.7 Å². The molecule has 0 saturated carbocycles. The van der Waals surface area contributed by atoms with E-state index in [2.05, 4.69) is 60.6 Å². The molecule has 1 aliphatic rings. The normalized spacial score (nSPS) is 18.0. The van der Waals surface area contributed by atoms with Gasteiger partial charge in [0.05, 0.1) is 19.3 Å². The molecule has 0 bridgehead atoms. The molecule has 1 aliphatic heterocycles. The van der Waals surface area contributed by atoms with Crippen molar-refractivity contribution in [1.82, 2.24) is 15.5 Å². The summed E-state index contributed by atoms with van der Waals surface area (Å²) < 4.78 is 5.63. The van der Waals surface area contributed by atoms with Gasteiger partial charge in [0.2, 0.25) is 0 Å². The summed E-state index contributed by atoms with van der Waals surface area (Å²) in [5.41, 5.74) is 2.61. The molecular weight excluding hydrogens is 451 g/mol. The van der Waals surface area contributed by atoms with E-state index in [4.69, 9.17) is 9.73 Å². The molecule has 1 unspecified atom stereocenters. The fraction of sp³-hybridized carbons (Fsp3) is 0.667. The molecule has 1 aromatic carbocycles. The number of morpholine rings is 1. The van der Waals surface area contributed by atoms with E-state index in [1.54, 1.807) is 0 Å². The largest absolute Gasteiger partial charge is 0.376 e. The molecule has 1 heterocycles. The highest BCUT2D eigenvalue weighted by molar-refractivity contribution is 14.0. The maximum absolute atomic E-state index is 5.63. The van der Waals surface area contributed by atoms with Gasteiger partial charge in [-0.1, -0.05) is 44.0 Å². The smallest absolute Gasteiger partial charge is 0.191 e. The SMILES string of the molecule is CCCCCNC(=NCc1cccc(CN2CCOC(C)C2)c1)NCC.I. The molecule has 6 heteroatoms. The quantitative estimate of drug-likeness (QED) is 0.241. The number of rotatable bonds is 9. The Balaban J connectivity index is 0.00000364. The van der Waals surface area contributed by atoms with Crippen molar-refractivity contribution in [3.8, 4) is 0 Å². The van der Waals surface area contributed by atoms with Gasteiger partial charge in [-0.25, -0.2) is 4.99 Å². The highest BCUT2D eigenvalue weighted by atomic mass is 127. The minimum Gasteiger partial charge on any atom is -0.376 e. The molecule has 27 heavy (non-hydrogen) atoms. The summed E-state index contributed by atoms with van der Waals surface area (Å²) in [7, 11) is 0. The van der Waals surface area contributed by atoms with Crippen molar-refractivity contribution in [3.63, 3.8) is 0 Å². The molecule has 0 amide bonds. The molecule has 0 radical (unpaired) electrons. The number of nitrogens with zero attached hydrogens (tertiary/aromatic N) is 2. The first kappa shape index (κ1) is 24.2. The molecule has 1 aromatic rings. The summed E-state index contributed by atoms with van der Waals surface area (Å²) in [5.74, 6) is 0.913. The Labute approximate surface area is 182 Å². The van der Waals surface area contributed by atoms with Crippen molar-refractivity contribution in [2.75, 3.05) is 32.8 Å². The van der Waals surface area contributed by atoms with Gasteiger partial charge in [-0.3, -0.25) is 4.90 Å². The van der Waals surface area contributed by atoms with Crippen LogP contribution in [0.3, 0.4) is 0 Å². The Morgan fingerprint density at radius 3 is 2.78 bits per heavy atom. The van der Waals surface area contributed by atoms with Crippen molar-refractivity contribution in [1.29, 1.82) is 0 Å². The van der Waals surface area contributed by atoms with Crippen LogP contribution in [-0.2, 0) is 17.8 Å². The van der Waals surface area contributed by atoms with Gasteiger partial charge in [-0.15, -0.1) is 24.0 Å². The van der Waals surface area contributed by atoms with E-state index in [1.807, 2.05) is 0 Å². The van der Waals surface area contributed by atoms with Crippen LogP contribution in [0.1, 0.15) is 51.2 Å². The molecule has 0 spiro atoms. The molecule has 0 aliphatic carbocycles. The van der Waals surface area contributed by atoms with Crippen LogP contribution < -0.4 is 10.6 Å². The van der Waals surface area contributed by atoms with Crippen LogP contribution in [-0.4, -0.2) is 49.7 Å². The minimum absolute atomic E-state index is 0. The molecular formula is C21H37IN4O. The number of hydrogen-bond donors (Lipinski definition) is 2. The van der Waals surface area contributed by atoms with Gasteiger partial charge < -0.3 is 15.4 Å². The molecule has 1 atom stereocenters. The molecule has 2 N–H and O–H groups in total. The Hall–Kier alpha value is -0.860. The van der Waals surface area contributed by atoms with Crippen molar-refractivity contribution in [2.24, 2.45) is 4.99 Å². The summed E-state index contributed by atoms with van der Waals surface area (Å²) in [4.78, 5) is 7.21. The third kappa shape index (κ3) is 9.76. The summed E-state index contributed by atoms with van der Waals surface area (Å²) in [6, 6.07) is 8.80. The summed E-state index contributed by atoms with van der Waals surface area (Å²) >= 11 is 0. The van der Waals surface area contributed by atoms with Crippen LogP contribution >= 0.6 is 24.0 Å². The van der Waals surface area contributed by atoms with Gasteiger partial charge in [-0.2, -0.15) is 0 Å². The number of benzene rings is 1. The van der Waals surface area contributed by atoms with E-state index < -0.39 is 0 Å². The lowest BCUT2D eigenvalue weighted by Crippen LogP contribution is -2.40. The summed E-state index contributed by atoms with van der Waals surface area (Å²) in [6.07, 6.45) is 4.02. The number of hydrogen-bond acceptors (Lipinski definition) is 3. The van der Waals surface area contributed by atoms with Crippen LogP contribution in [0.2, 0.25) is 0 Å². The van der Waals surface area contributed by atoms with Crippen molar-refractivity contribution in [3.05, 3.63) is 35.4 Å². The van der Waals surface area contributed by atoms with Gasteiger partial charge in [-0.05, 0) is 31.4 Å². The predicted molar refractivity (Wildman–Crippen MR) is 125 cm³/mol. The predicted octanol–water partition coefficient (Wildman–Crippen LogP) is 3.77. The minimum atomic E-state index is 0. The Morgan fingerprint density at radius 1 is 1.22 bits per heavy atom. The average molecular weight is 488 g/mol. The maximum Gasteiger partial charge on any atom is 0.191 e. The fourth-order valence-electron chi connectivity index (χ4n) is 3.21. The lowest BCUT2D eigenvalue weighted by molar-refractivity contribution is -0.0212. The summed E-state index contributed by atoms with van der Waals surface area (Å²) in [5, 5.41) is 6.76. The number of guanidine groups is 1. The molecule has 154 valence electrons. The molecule has 5 nitrogen and oxygen atoms in total. The maximum atomic E-state index is 5.63. The first-order chi connectivity index (χ1) is 12.7. The lowest BCUT2D eigenvalue weighted by atomic mass is 10.1. The number of ether oxygens (including phenoxy) is 1. The first-order valence-corrected chi connectivity index (χ1v) is 10.1. The van der Waals surface area contributed by atoms with Crippen LogP contribution in [0.4, 0.5) is 0 Å². The van der Waals surface area contributed by atoms with Crippen LogP contribution in [0.25, 0.3) is 0 Å². The van der Waals surface area contributed by atoms with Crippen LogP contribution in [0.15, 0.2) is 29.3 Å². The summed E-state index contributed by atoms with van der Waals surface area (Å²) in [6.45, 7) is 12.9. The molecule has 1 saturated heterocycles. The second-order valence-corrected chi connectivity index (χ2v) is 7.07. The number of aliphatic imine (C=N–C) groups is 1. The average Bonchev–Trinajstić information content (AvgIpc) is 2.63. The van der Waals surface area contributed by atoms with Crippen molar-refractivity contribution >= 4 is 29.9 Å². The van der Waals surface area contributed by atoms with Gasteiger partial charge >= 0.3 is 0 Å². The van der Waals surface area contributed by atoms with E-state index in [-0.39, 0.29) is 24.0 Å². The van der Waals surface area contributed by atoms with E-state index in [0.29, 0.717) is 12.6 Å². The molecule has 0 aromatic heterocycles. The third-order valence-electron chi connectivity index (χ3n) is 4.56. The molecule has 2 rings (SSSR count). The van der Waals surface area contributed by atoms with Crippen LogP contribution in [0, 0.1) is 0 Å². The van der Waals surface area contributed by atoms with Crippen LogP contribution in [0.5, 0.6) is 0 Å². The number of halogens is 1. The standard InChI is InChI=1S/C21H36N4O.HI/c1-4-6-7-11-23-21(22-5-2)24-15-19-9-8-10-20(14-19)17-25-12-13-26-18(3)16-25;/h8-10,14,18H,4-7,11-13,15-17H2,1-3H3,(H2,22,23,24);1H. The molecule has 1 fully saturated rings. The zero-order valence-corrected chi connectivity index (χ0v) is 19.5. The highest BCUT2D eigenvalue weighted by Crippen LogP contribution is 2.12. The zero-order valence-electron chi connectivity index (χ0n) is 17.2.